The Labute approximate surface area is 123 Å². The molecular weight excluding hydrogens is 262 g/mol. The zero-order chi connectivity index (χ0) is 14.4. The van der Waals surface area contributed by atoms with Gasteiger partial charge in [-0.2, -0.15) is 0 Å². The molecule has 0 spiro atoms. The molecule has 2 heterocycles. The van der Waals surface area contributed by atoms with Crippen molar-refractivity contribution in [2.24, 2.45) is 0 Å². The van der Waals surface area contributed by atoms with E-state index < -0.39 is 5.66 Å². The molecule has 1 saturated heterocycles. The standard InChI is InChI=1S/C17H17N3O/c18-15-9-4-3-8-14(15)17-13-7-2-1-6-12(13)16(21)20(17)11-5-10-19-17/h1-4,6-9,19H,5,10-11,18H2. The highest BCUT2D eigenvalue weighted by Gasteiger charge is 2.52. The van der Waals surface area contributed by atoms with Gasteiger partial charge in [-0.1, -0.05) is 36.4 Å². The molecule has 0 radical (unpaired) electrons. The van der Waals surface area contributed by atoms with E-state index in [1.165, 1.54) is 0 Å². The Morgan fingerprint density at radius 3 is 2.57 bits per heavy atom. The van der Waals surface area contributed by atoms with Gasteiger partial charge in [-0.15, -0.1) is 0 Å². The van der Waals surface area contributed by atoms with Crippen molar-refractivity contribution in [1.29, 1.82) is 0 Å². The summed E-state index contributed by atoms with van der Waals surface area (Å²) < 4.78 is 0. The molecule has 106 valence electrons. The van der Waals surface area contributed by atoms with Crippen molar-refractivity contribution in [3.63, 3.8) is 0 Å². The van der Waals surface area contributed by atoms with Crippen LogP contribution < -0.4 is 11.1 Å². The first-order valence-electron chi connectivity index (χ1n) is 7.26. The second-order valence-electron chi connectivity index (χ2n) is 5.58. The van der Waals surface area contributed by atoms with E-state index in [2.05, 4.69) is 5.32 Å². The van der Waals surface area contributed by atoms with Gasteiger partial charge in [-0.05, 0) is 25.1 Å². The first-order valence-corrected chi connectivity index (χ1v) is 7.26. The summed E-state index contributed by atoms with van der Waals surface area (Å²) in [5.41, 5.74) is 9.06. The molecule has 2 aromatic rings. The SMILES string of the molecule is Nc1ccccc1C12NCCCN1C(=O)c1ccccc12. The number of nitrogens with zero attached hydrogens (tertiary/aromatic N) is 1. The number of anilines is 1. The zero-order valence-electron chi connectivity index (χ0n) is 11.7. The summed E-state index contributed by atoms with van der Waals surface area (Å²) >= 11 is 0. The van der Waals surface area contributed by atoms with Crippen LogP contribution >= 0.6 is 0 Å². The summed E-state index contributed by atoms with van der Waals surface area (Å²) in [7, 11) is 0. The summed E-state index contributed by atoms with van der Waals surface area (Å²) in [4.78, 5) is 14.7. The maximum atomic E-state index is 12.8. The maximum absolute atomic E-state index is 12.8. The van der Waals surface area contributed by atoms with Crippen molar-refractivity contribution in [1.82, 2.24) is 10.2 Å². The van der Waals surface area contributed by atoms with Gasteiger partial charge in [0.1, 0.15) is 5.66 Å². The van der Waals surface area contributed by atoms with Gasteiger partial charge in [0.25, 0.3) is 5.91 Å². The molecule has 2 aliphatic heterocycles. The number of nitrogen functional groups attached to an aromatic ring is 1. The molecular formula is C17H17N3O. The predicted octanol–water partition coefficient (Wildman–Crippen LogP) is 1.92. The lowest BCUT2D eigenvalue weighted by molar-refractivity contribution is 0.0459. The molecule has 0 aromatic heterocycles. The van der Waals surface area contributed by atoms with E-state index in [1.54, 1.807) is 0 Å². The van der Waals surface area contributed by atoms with Crippen LogP contribution in [0.5, 0.6) is 0 Å². The molecule has 4 nitrogen and oxygen atoms in total. The number of fused-ring (bicyclic) bond motifs is 3. The van der Waals surface area contributed by atoms with E-state index in [-0.39, 0.29) is 5.91 Å². The molecule has 0 saturated carbocycles. The van der Waals surface area contributed by atoms with Crippen LogP contribution in [0.1, 0.15) is 27.9 Å². The van der Waals surface area contributed by atoms with E-state index >= 15 is 0 Å². The Morgan fingerprint density at radius 1 is 1.05 bits per heavy atom. The molecule has 4 heteroatoms. The monoisotopic (exact) mass is 279 g/mol. The van der Waals surface area contributed by atoms with Gasteiger partial charge in [0.15, 0.2) is 0 Å². The molecule has 3 N–H and O–H groups in total. The fourth-order valence-electron chi connectivity index (χ4n) is 3.61. The first kappa shape index (κ1) is 12.4. The van der Waals surface area contributed by atoms with E-state index in [9.17, 15) is 4.79 Å². The minimum Gasteiger partial charge on any atom is -0.398 e. The number of nitrogens with two attached hydrogens (primary N) is 1. The number of carbonyl (C=O) groups is 1. The Kier molecular flexibility index (Phi) is 2.56. The van der Waals surface area contributed by atoms with Crippen molar-refractivity contribution in [3.8, 4) is 0 Å². The number of rotatable bonds is 1. The van der Waals surface area contributed by atoms with Crippen molar-refractivity contribution >= 4 is 11.6 Å². The molecule has 1 amide bonds. The molecule has 1 fully saturated rings. The highest BCUT2D eigenvalue weighted by molar-refractivity contribution is 6.01. The van der Waals surface area contributed by atoms with Crippen LogP contribution in [0.2, 0.25) is 0 Å². The van der Waals surface area contributed by atoms with Crippen LogP contribution in [0.3, 0.4) is 0 Å². The molecule has 21 heavy (non-hydrogen) atoms. The van der Waals surface area contributed by atoms with Crippen LogP contribution in [0.15, 0.2) is 48.5 Å². The highest BCUT2D eigenvalue weighted by Crippen LogP contribution is 2.45. The number of carbonyl (C=O) groups excluding carboxylic acids is 1. The predicted molar refractivity (Wildman–Crippen MR) is 81.7 cm³/mol. The Hall–Kier alpha value is -2.33. The van der Waals surface area contributed by atoms with Gasteiger partial charge < -0.3 is 10.6 Å². The van der Waals surface area contributed by atoms with Crippen LogP contribution in [-0.4, -0.2) is 23.9 Å². The summed E-state index contributed by atoms with van der Waals surface area (Å²) in [5, 5.41) is 3.56. The molecule has 2 aromatic carbocycles. The van der Waals surface area contributed by atoms with Gasteiger partial charge in [0, 0.05) is 28.9 Å². The Morgan fingerprint density at radius 2 is 1.76 bits per heavy atom. The van der Waals surface area contributed by atoms with Crippen LogP contribution in [0.4, 0.5) is 5.69 Å². The van der Waals surface area contributed by atoms with Crippen LogP contribution in [-0.2, 0) is 5.66 Å². The average molecular weight is 279 g/mol. The number of hydrogen-bond acceptors (Lipinski definition) is 3. The van der Waals surface area contributed by atoms with Crippen LogP contribution in [0.25, 0.3) is 0 Å². The number of benzene rings is 2. The van der Waals surface area contributed by atoms with E-state index in [0.29, 0.717) is 5.69 Å². The Bertz CT molecular complexity index is 727. The maximum Gasteiger partial charge on any atom is 0.256 e. The molecule has 0 aliphatic carbocycles. The van der Waals surface area contributed by atoms with Gasteiger partial charge in [0.2, 0.25) is 0 Å². The molecule has 1 atom stereocenters. The van der Waals surface area contributed by atoms with E-state index in [4.69, 9.17) is 5.73 Å². The lowest BCUT2D eigenvalue weighted by Gasteiger charge is -2.44. The first-order chi connectivity index (χ1) is 10.2. The number of amides is 1. The van der Waals surface area contributed by atoms with Crippen molar-refractivity contribution in [2.75, 3.05) is 18.8 Å². The fraction of sp³-hybridized carbons (Fsp3) is 0.235. The summed E-state index contributed by atoms with van der Waals surface area (Å²) in [6.45, 7) is 1.61. The normalized spacial score (nSPS) is 23.8. The number of para-hydroxylation sites is 1. The molecule has 4 rings (SSSR count). The zero-order valence-corrected chi connectivity index (χ0v) is 11.7. The van der Waals surface area contributed by atoms with Crippen molar-refractivity contribution in [3.05, 3.63) is 65.2 Å². The van der Waals surface area contributed by atoms with Gasteiger partial charge >= 0.3 is 0 Å². The van der Waals surface area contributed by atoms with E-state index in [0.717, 1.165) is 36.2 Å². The van der Waals surface area contributed by atoms with Crippen molar-refractivity contribution in [2.45, 2.75) is 12.1 Å². The minimum atomic E-state index is -0.614. The average Bonchev–Trinajstić information content (AvgIpc) is 2.79. The van der Waals surface area contributed by atoms with Crippen LogP contribution in [0, 0.1) is 0 Å². The second kappa shape index (κ2) is 4.33. The molecule has 2 aliphatic rings. The van der Waals surface area contributed by atoms with Crippen molar-refractivity contribution < 1.29 is 4.79 Å². The minimum absolute atomic E-state index is 0.0843. The van der Waals surface area contributed by atoms with Gasteiger partial charge in [0.05, 0.1) is 0 Å². The summed E-state index contributed by atoms with van der Waals surface area (Å²) in [6.07, 6.45) is 0.953. The molecule has 0 bridgehead atoms. The fourth-order valence-corrected chi connectivity index (χ4v) is 3.61. The van der Waals surface area contributed by atoms with Gasteiger partial charge in [-0.3, -0.25) is 10.1 Å². The Balaban J connectivity index is 2.03. The third-order valence-electron chi connectivity index (χ3n) is 4.49. The molecule has 1 unspecified atom stereocenters. The quantitative estimate of drug-likeness (QED) is 0.784. The summed E-state index contributed by atoms with van der Waals surface area (Å²) in [6, 6.07) is 15.6. The smallest absolute Gasteiger partial charge is 0.256 e. The number of hydrogen-bond donors (Lipinski definition) is 2. The lowest BCUT2D eigenvalue weighted by atomic mass is 9.88. The number of nitrogens with one attached hydrogen (secondary N) is 1. The van der Waals surface area contributed by atoms with Gasteiger partial charge in [-0.25, -0.2) is 0 Å². The largest absolute Gasteiger partial charge is 0.398 e. The highest BCUT2D eigenvalue weighted by atomic mass is 16.2. The topological polar surface area (TPSA) is 58.4 Å². The lowest BCUT2D eigenvalue weighted by Crippen LogP contribution is -2.59. The second-order valence-corrected chi connectivity index (χ2v) is 5.58. The van der Waals surface area contributed by atoms with E-state index in [1.807, 2.05) is 53.4 Å². The third kappa shape index (κ3) is 1.51. The third-order valence-corrected chi connectivity index (χ3v) is 4.49. The summed E-state index contributed by atoms with van der Waals surface area (Å²) in [5.74, 6) is 0.0843.